The van der Waals surface area contributed by atoms with Crippen LogP contribution < -0.4 is 11.3 Å². The summed E-state index contributed by atoms with van der Waals surface area (Å²) in [5.74, 6) is 5.25. The molecular formula is C12H21N3O2S. The van der Waals surface area contributed by atoms with Gasteiger partial charge in [0.25, 0.3) is 0 Å². The lowest BCUT2D eigenvalue weighted by Crippen LogP contribution is -2.31. The number of nitrogens with two attached hydrogens (primary N) is 1. The highest BCUT2D eigenvalue weighted by molar-refractivity contribution is 7.89. The van der Waals surface area contributed by atoms with Crippen LogP contribution >= 0.6 is 0 Å². The van der Waals surface area contributed by atoms with Gasteiger partial charge in [-0.3, -0.25) is 5.84 Å². The summed E-state index contributed by atoms with van der Waals surface area (Å²) in [4.78, 5) is 0.305. The summed E-state index contributed by atoms with van der Waals surface area (Å²) in [6.45, 7) is 4.94. The minimum atomic E-state index is -3.38. The molecule has 6 heteroatoms. The van der Waals surface area contributed by atoms with Gasteiger partial charge in [-0.1, -0.05) is 20.3 Å². The SMILES string of the molecule is CCCCN(CC)S(=O)(=O)c1ccc(NN)cc1. The van der Waals surface area contributed by atoms with Gasteiger partial charge in [0, 0.05) is 18.8 Å². The maximum absolute atomic E-state index is 12.3. The van der Waals surface area contributed by atoms with E-state index in [1.807, 2.05) is 13.8 Å². The van der Waals surface area contributed by atoms with Crippen molar-refractivity contribution in [2.75, 3.05) is 18.5 Å². The number of hydrazine groups is 1. The summed E-state index contributed by atoms with van der Waals surface area (Å²) >= 11 is 0. The number of anilines is 1. The number of rotatable bonds is 7. The lowest BCUT2D eigenvalue weighted by atomic mass is 10.3. The van der Waals surface area contributed by atoms with Crippen LogP contribution in [0.15, 0.2) is 29.2 Å². The van der Waals surface area contributed by atoms with Gasteiger partial charge in [0.15, 0.2) is 0 Å². The lowest BCUT2D eigenvalue weighted by Gasteiger charge is -2.20. The van der Waals surface area contributed by atoms with Crippen molar-refractivity contribution in [3.05, 3.63) is 24.3 Å². The van der Waals surface area contributed by atoms with Crippen molar-refractivity contribution < 1.29 is 8.42 Å². The largest absolute Gasteiger partial charge is 0.324 e. The minimum absolute atomic E-state index is 0.305. The molecule has 0 radical (unpaired) electrons. The Morgan fingerprint density at radius 3 is 2.28 bits per heavy atom. The normalized spacial score (nSPS) is 11.8. The first-order valence-electron chi connectivity index (χ1n) is 6.13. The van der Waals surface area contributed by atoms with Crippen LogP contribution in [0, 0.1) is 0 Å². The van der Waals surface area contributed by atoms with E-state index in [2.05, 4.69) is 5.43 Å². The van der Waals surface area contributed by atoms with Crippen molar-refractivity contribution in [1.82, 2.24) is 4.31 Å². The first-order valence-corrected chi connectivity index (χ1v) is 7.57. The minimum Gasteiger partial charge on any atom is -0.324 e. The lowest BCUT2D eigenvalue weighted by molar-refractivity contribution is 0.419. The first kappa shape index (κ1) is 14.9. The zero-order valence-electron chi connectivity index (χ0n) is 10.9. The molecule has 0 saturated heterocycles. The Labute approximate surface area is 109 Å². The number of nitrogen functional groups attached to an aromatic ring is 1. The zero-order chi connectivity index (χ0) is 13.6. The summed E-state index contributed by atoms with van der Waals surface area (Å²) in [5.41, 5.74) is 3.16. The summed E-state index contributed by atoms with van der Waals surface area (Å²) in [6.07, 6.45) is 1.84. The Kier molecular flexibility index (Phi) is 5.58. The fourth-order valence-electron chi connectivity index (χ4n) is 1.65. The van der Waals surface area contributed by atoms with E-state index in [9.17, 15) is 8.42 Å². The Morgan fingerprint density at radius 1 is 1.22 bits per heavy atom. The van der Waals surface area contributed by atoms with Gasteiger partial charge < -0.3 is 5.43 Å². The third-order valence-electron chi connectivity index (χ3n) is 2.77. The molecule has 0 unspecified atom stereocenters. The molecule has 0 aliphatic rings. The van der Waals surface area contributed by atoms with Crippen LogP contribution in [-0.2, 0) is 10.0 Å². The highest BCUT2D eigenvalue weighted by atomic mass is 32.2. The smallest absolute Gasteiger partial charge is 0.243 e. The van der Waals surface area contributed by atoms with Gasteiger partial charge in [0.05, 0.1) is 4.90 Å². The molecular weight excluding hydrogens is 250 g/mol. The van der Waals surface area contributed by atoms with Crippen molar-refractivity contribution in [3.63, 3.8) is 0 Å². The standard InChI is InChI=1S/C12H21N3O2S/c1-3-5-10-15(4-2)18(16,17)12-8-6-11(14-13)7-9-12/h6-9,14H,3-5,10,13H2,1-2H3. The second kappa shape index (κ2) is 6.72. The molecule has 5 nitrogen and oxygen atoms in total. The highest BCUT2D eigenvalue weighted by Crippen LogP contribution is 2.18. The van der Waals surface area contributed by atoms with Gasteiger partial charge in [-0.05, 0) is 30.7 Å². The monoisotopic (exact) mass is 271 g/mol. The van der Waals surface area contributed by atoms with E-state index in [0.29, 0.717) is 23.7 Å². The van der Waals surface area contributed by atoms with E-state index in [0.717, 1.165) is 12.8 Å². The third kappa shape index (κ3) is 3.44. The molecule has 0 fully saturated rings. The number of hydrogen-bond acceptors (Lipinski definition) is 4. The van der Waals surface area contributed by atoms with Gasteiger partial charge >= 0.3 is 0 Å². The quantitative estimate of drug-likeness (QED) is 0.585. The van der Waals surface area contributed by atoms with Gasteiger partial charge in [0.2, 0.25) is 10.0 Å². The summed E-state index contributed by atoms with van der Waals surface area (Å²) in [6, 6.07) is 6.44. The topological polar surface area (TPSA) is 75.4 Å². The second-order valence-corrected chi connectivity index (χ2v) is 5.96. The Balaban J connectivity index is 2.95. The molecule has 1 aromatic carbocycles. The fraction of sp³-hybridized carbons (Fsp3) is 0.500. The highest BCUT2D eigenvalue weighted by Gasteiger charge is 2.22. The Hall–Kier alpha value is -1.11. The van der Waals surface area contributed by atoms with Gasteiger partial charge in [-0.15, -0.1) is 0 Å². The summed E-state index contributed by atoms with van der Waals surface area (Å²) in [7, 11) is -3.38. The van der Waals surface area contributed by atoms with E-state index in [4.69, 9.17) is 5.84 Å². The van der Waals surface area contributed by atoms with Crippen LogP contribution in [0.4, 0.5) is 5.69 Å². The van der Waals surface area contributed by atoms with E-state index in [-0.39, 0.29) is 0 Å². The first-order chi connectivity index (χ1) is 8.56. The number of nitrogens with zero attached hydrogens (tertiary/aromatic N) is 1. The van der Waals surface area contributed by atoms with Gasteiger partial charge in [0.1, 0.15) is 0 Å². The molecule has 0 amide bonds. The predicted octanol–water partition coefficient (Wildman–Crippen LogP) is 1.78. The molecule has 0 heterocycles. The molecule has 1 rings (SSSR count). The van der Waals surface area contributed by atoms with Crippen molar-refractivity contribution >= 4 is 15.7 Å². The molecule has 102 valence electrons. The number of unbranched alkanes of at least 4 members (excludes halogenated alkanes) is 1. The van der Waals surface area contributed by atoms with Crippen molar-refractivity contribution in [2.24, 2.45) is 5.84 Å². The van der Waals surface area contributed by atoms with Gasteiger partial charge in [-0.25, -0.2) is 8.42 Å². The van der Waals surface area contributed by atoms with Crippen LogP contribution in [0.25, 0.3) is 0 Å². The predicted molar refractivity (Wildman–Crippen MR) is 73.6 cm³/mol. The Morgan fingerprint density at radius 2 is 1.83 bits per heavy atom. The fourth-order valence-corrected chi connectivity index (χ4v) is 3.14. The van der Waals surface area contributed by atoms with E-state index < -0.39 is 10.0 Å². The van der Waals surface area contributed by atoms with Gasteiger partial charge in [-0.2, -0.15) is 4.31 Å². The number of benzene rings is 1. The summed E-state index contributed by atoms with van der Waals surface area (Å²) < 4.78 is 26.2. The second-order valence-electron chi connectivity index (χ2n) is 4.02. The third-order valence-corrected chi connectivity index (χ3v) is 4.76. The molecule has 0 aliphatic carbocycles. The molecule has 0 spiro atoms. The van der Waals surface area contributed by atoms with Crippen LogP contribution in [0.1, 0.15) is 26.7 Å². The molecule has 0 atom stereocenters. The van der Waals surface area contributed by atoms with E-state index >= 15 is 0 Å². The van der Waals surface area contributed by atoms with Crippen LogP contribution in [-0.4, -0.2) is 25.8 Å². The molecule has 1 aromatic rings. The maximum Gasteiger partial charge on any atom is 0.243 e. The van der Waals surface area contributed by atoms with E-state index in [1.165, 1.54) is 4.31 Å². The molecule has 0 saturated carbocycles. The summed E-state index contributed by atoms with van der Waals surface area (Å²) in [5, 5.41) is 0. The van der Waals surface area contributed by atoms with Crippen LogP contribution in [0.2, 0.25) is 0 Å². The zero-order valence-corrected chi connectivity index (χ0v) is 11.7. The molecule has 18 heavy (non-hydrogen) atoms. The van der Waals surface area contributed by atoms with Crippen molar-refractivity contribution in [3.8, 4) is 0 Å². The molecule has 0 bridgehead atoms. The van der Waals surface area contributed by atoms with Crippen LogP contribution in [0.5, 0.6) is 0 Å². The molecule has 0 aliphatic heterocycles. The average Bonchev–Trinajstić information content (AvgIpc) is 2.39. The van der Waals surface area contributed by atoms with Crippen molar-refractivity contribution in [2.45, 2.75) is 31.6 Å². The van der Waals surface area contributed by atoms with Crippen LogP contribution in [0.3, 0.4) is 0 Å². The molecule has 0 aromatic heterocycles. The number of hydrogen-bond donors (Lipinski definition) is 2. The van der Waals surface area contributed by atoms with Crippen molar-refractivity contribution in [1.29, 1.82) is 0 Å². The Bertz CT molecular complexity index is 457. The number of sulfonamides is 1. The maximum atomic E-state index is 12.3. The number of nitrogens with one attached hydrogen (secondary N) is 1. The van der Waals surface area contributed by atoms with E-state index in [1.54, 1.807) is 24.3 Å². The average molecular weight is 271 g/mol. The molecule has 3 N–H and O–H groups in total.